The SMILES string of the molecule is CCN(Cc1ccccc1)C(=O)CCC(=O)OC(C)(C)C. The van der Waals surface area contributed by atoms with Crippen LogP contribution in [-0.4, -0.2) is 28.9 Å². The third kappa shape index (κ3) is 6.93. The summed E-state index contributed by atoms with van der Waals surface area (Å²) in [5.74, 6) is -0.348. The first-order chi connectivity index (χ1) is 9.81. The van der Waals surface area contributed by atoms with Crippen molar-refractivity contribution in [2.45, 2.75) is 52.7 Å². The van der Waals surface area contributed by atoms with Crippen LogP contribution in [0.2, 0.25) is 0 Å². The maximum absolute atomic E-state index is 12.2. The van der Waals surface area contributed by atoms with Crippen molar-refractivity contribution in [3.8, 4) is 0 Å². The number of benzene rings is 1. The van der Waals surface area contributed by atoms with E-state index in [1.165, 1.54) is 0 Å². The first-order valence-corrected chi connectivity index (χ1v) is 7.35. The molecule has 0 N–H and O–H groups in total. The minimum Gasteiger partial charge on any atom is -0.460 e. The molecule has 4 nitrogen and oxygen atoms in total. The topological polar surface area (TPSA) is 46.6 Å². The van der Waals surface area contributed by atoms with Crippen LogP contribution in [0.25, 0.3) is 0 Å². The Balaban J connectivity index is 2.47. The number of rotatable bonds is 6. The number of carbonyl (C=O) groups excluding carboxylic acids is 2. The number of amides is 1. The Morgan fingerprint density at radius 1 is 1.10 bits per heavy atom. The summed E-state index contributed by atoms with van der Waals surface area (Å²) in [4.78, 5) is 25.6. The Bertz CT molecular complexity index is 463. The van der Waals surface area contributed by atoms with Crippen molar-refractivity contribution in [1.29, 1.82) is 0 Å². The summed E-state index contributed by atoms with van der Waals surface area (Å²) in [6, 6.07) is 9.83. The molecule has 0 aliphatic heterocycles. The summed E-state index contributed by atoms with van der Waals surface area (Å²) in [5.41, 5.74) is 0.583. The number of carbonyl (C=O) groups is 2. The Kier molecular flexibility index (Phi) is 6.40. The fourth-order valence-corrected chi connectivity index (χ4v) is 1.94. The molecule has 1 amide bonds. The lowest BCUT2D eigenvalue weighted by Gasteiger charge is -2.22. The maximum Gasteiger partial charge on any atom is 0.306 e. The van der Waals surface area contributed by atoms with E-state index in [0.29, 0.717) is 13.1 Å². The van der Waals surface area contributed by atoms with Crippen molar-refractivity contribution in [3.63, 3.8) is 0 Å². The van der Waals surface area contributed by atoms with Gasteiger partial charge in [-0.3, -0.25) is 9.59 Å². The lowest BCUT2D eigenvalue weighted by molar-refractivity contribution is -0.156. The molecule has 0 spiro atoms. The minimum atomic E-state index is -0.505. The average Bonchev–Trinajstić information content (AvgIpc) is 2.41. The van der Waals surface area contributed by atoms with Crippen LogP contribution in [0.5, 0.6) is 0 Å². The third-order valence-corrected chi connectivity index (χ3v) is 2.91. The lowest BCUT2D eigenvalue weighted by atomic mass is 10.2. The number of esters is 1. The molecule has 0 aliphatic rings. The first kappa shape index (κ1) is 17.2. The Morgan fingerprint density at radius 2 is 1.71 bits per heavy atom. The summed E-state index contributed by atoms with van der Waals surface area (Å²) in [5, 5.41) is 0. The molecular formula is C17H25NO3. The molecule has 0 fully saturated rings. The van der Waals surface area contributed by atoms with E-state index in [9.17, 15) is 9.59 Å². The van der Waals surface area contributed by atoms with Gasteiger partial charge in [-0.2, -0.15) is 0 Å². The third-order valence-electron chi connectivity index (χ3n) is 2.91. The van der Waals surface area contributed by atoms with Crippen LogP contribution in [0, 0.1) is 0 Å². The zero-order chi connectivity index (χ0) is 15.9. The standard InChI is InChI=1S/C17H25NO3/c1-5-18(13-14-9-7-6-8-10-14)15(19)11-12-16(20)21-17(2,3)4/h6-10H,5,11-13H2,1-4H3. The molecule has 1 aromatic rings. The van der Waals surface area contributed by atoms with Crippen molar-refractivity contribution in [3.05, 3.63) is 35.9 Å². The van der Waals surface area contributed by atoms with E-state index in [2.05, 4.69) is 0 Å². The van der Waals surface area contributed by atoms with Crippen molar-refractivity contribution >= 4 is 11.9 Å². The van der Waals surface area contributed by atoms with Gasteiger partial charge in [-0.05, 0) is 33.3 Å². The highest BCUT2D eigenvalue weighted by Gasteiger charge is 2.19. The normalized spacial score (nSPS) is 11.0. The van der Waals surface area contributed by atoms with E-state index in [1.807, 2.05) is 58.0 Å². The summed E-state index contributed by atoms with van der Waals surface area (Å²) in [6.45, 7) is 8.60. The highest BCUT2D eigenvalue weighted by atomic mass is 16.6. The minimum absolute atomic E-state index is 0.0211. The monoisotopic (exact) mass is 291 g/mol. The molecule has 0 heterocycles. The second-order valence-corrected chi connectivity index (χ2v) is 5.98. The molecule has 116 valence electrons. The van der Waals surface area contributed by atoms with Gasteiger partial charge >= 0.3 is 5.97 Å². The Hall–Kier alpha value is -1.84. The lowest BCUT2D eigenvalue weighted by Crippen LogP contribution is -2.31. The van der Waals surface area contributed by atoms with Gasteiger partial charge in [-0.1, -0.05) is 30.3 Å². The second kappa shape index (κ2) is 7.81. The van der Waals surface area contributed by atoms with E-state index in [-0.39, 0.29) is 24.7 Å². The fourth-order valence-electron chi connectivity index (χ4n) is 1.94. The Labute approximate surface area is 127 Å². The fraction of sp³-hybridized carbons (Fsp3) is 0.529. The zero-order valence-corrected chi connectivity index (χ0v) is 13.4. The molecule has 0 saturated heterocycles. The van der Waals surface area contributed by atoms with Gasteiger partial charge in [0.1, 0.15) is 5.60 Å². The number of hydrogen-bond donors (Lipinski definition) is 0. The smallest absolute Gasteiger partial charge is 0.306 e. The van der Waals surface area contributed by atoms with Crippen LogP contribution < -0.4 is 0 Å². The number of hydrogen-bond acceptors (Lipinski definition) is 3. The average molecular weight is 291 g/mol. The van der Waals surface area contributed by atoms with E-state index in [4.69, 9.17) is 4.74 Å². The predicted octanol–water partition coefficient (Wildman–Crippen LogP) is 3.16. The quantitative estimate of drug-likeness (QED) is 0.756. The number of nitrogens with zero attached hydrogens (tertiary/aromatic N) is 1. The molecule has 0 atom stereocenters. The zero-order valence-electron chi connectivity index (χ0n) is 13.4. The van der Waals surface area contributed by atoms with Crippen molar-refractivity contribution in [2.24, 2.45) is 0 Å². The van der Waals surface area contributed by atoms with Crippen molar-refractivity contribution in [1.82, 2.24) is 4.90 Å². The van der Waals surface area contributed by atoms with Crippen LogP contribution in [0.1, 0.15) is 46.1 Å². The molecule has 0 radical (unpaired) electrons. The van der Waals surface area contributed by atoms with Gasteiger partial charge in [0, 0.05) is 19.5 Å². The summed E-state index contributed by atoms with van der Waals surface area (Å²) < 4.78 is 5.21. The second-order valence-electron chi connectivity index (χ2n) is 5.98. The Morgan fingerprint density at radius 3 is 2.24 bits per heavy atom. The highest BCUT2D eigenvalue weighted by molar-refractivity contribution is 5.81. The van der Waals surface area contributed by atoms with Crippen molar-refractivity contribution in [2.75, 3.05) is 6.54 Å². The van der Waals surface area contributed by atoms with Crippen LogP contribution >= 0.6 is 0 Å². The van der Waals surface area contributed by atoms with Crippen molar-refractivity contribution < 1.29 is 14.3 Å². The van der Waals surface area contributed by atoms with Gasteiger partial charge in [0.15, 0.2) is 0 Å². The molecule has 0 bridgehead atoms. The van der Waals surface area contributed by atoms with Gasteiger partial charge in [0.2, 0.25) is 5.91 Å². The van der Waals surface area contributed by atoms with E-state index in [1.54, 1.807) is 4.90 Å². The number of ether oxygens (including phenoxy) is 1. The summed E-state index contributed by atoms with van der Waals surface area (Å²) in [6.07, 6.45) is 0.316. The molecule has 21 heavy (non-hydrogen) atoms. The molecule has 0 unspecified atom stereocenters. The molecule has 0 aromatic heterocycles. The molecule has 0 saturated carbocycles. The largest absolute Gasteiger partial charge is 0.460 e. The van der Waals surface area contributed by atoms with Gasteiger partial charge in [0.25, 0.3) is 0 Å². The van der Waals surface area contributed by atoms with Gasteiger partial charge in [0.05, 0.1) is 6.42 Å². The van der Waals surface area contributed by atoms with Gasteiger partial charge in [-0.15, -0.1) is 0 Å². The molecule has 1 aromatic carbocycles. The summed E-state index contributed by atoms with van der Waals surface area (Å²) >= 11 is 0. The van der Waals surface area contributed by atoms with Crippen LogP contribution in [-0.2, 0) is 20.9 Å². The highest BCUT2D eigenvalue weighted by Crippen LogP contribution is 2.11. The maximum atomic E-state index is 12.2. The molecule has 1 rings (SSSR count). The summed E-state index contributed by atoms with van der Waals surface area (Å²) in [7, 11) is 0. The van der Waals surface area contributed by atoms with E-state index in [0.717, 1.165) is 5.56 Å². The van der Waals surface area contributed by atoms with E-state index < -0.39 is 5.60 Å². The predicted molar refractivity (Wildman–Crippen MR) is 82.6 cm³/mol. The van der Waals surface area contributed by atoms with Crippen LogP contribution in [0.4, 0.5) is 0 Å². The van der Waals surface area contributed by atoms with E-state index >= 15 is 0 Å². The van der Waals surface area contributed by atoms with Crippen LogP contribution in [0.15, 0.2) is 30.3 Å². The van der Waals surface area contributed by atoms with Gasteiger partial charge in [-0.25, -0.2) is 0 Å². The van der Waals surface area contributed by atoms with Gasteiger partial charge < -0.3 is 9.64 Å². The first-order valence-electron chi connectivity index (χ1n) is 7.35. The molecular weight excluding hydrogens is 266 g/mol. The van der Waals surface area contributed by atoms with Crippen LogP contribution in [0.3, 0.4) is 0 Å². The molecule has 4 heteroatoms. The molecule has 0 aliphatic carbocycles.